The summed E-state index contributed by atoms with van der Waals surface area (Å²) in [4.78, 5) is 20.6. The van der Waals surface area contributed by atoms with Gasteiger partial charge in [-0.1, -0.05) is 53.5 Å². The molecular weight excluding hydrogens is 393 g/mol. The summed E-state index contributed by atoms with van der Waals surface area (Å²) < 4.78 is 0. The van der Waals surface area contributed by atoms with Crippen molar-refractivity contribution in [1.82, 2.24) is 15.3 Å². The van der Waals surface area contributed by atoms with Gasteiger partial charge in [-0.3, -0.25) is 4.79 Å². The van der Waals surface area contributed by atoms with E-state index in [4.69, 9.17) is 23.2 Å². The molecule has 138 valence electrons. The van der Waals surface area contributed by atoms with Crippen molar-refractivity contribution in [3.8, 4) is 0 Å². The molecule has 4 rings (SSSR count). The van der Waals surface area contributed by atoms with E-state index in [9.17, 15) is 4.79 Å². The number of hydrogen-bond acceptors (Lipinski definition) is 2. The number of benzene rings is 3. The molecule has 4 nitrogen and oxygen atoms in total. The molecule has 1 aromatic heterocycles. The van der Waals surface area contributed by atoms with E-state index in [0.29, 0.717) is 32.7 Å². The summed E-state index contributed by atoms with van der Waals surface area (Å²) in [5, 5.41) is 4.00. The van der Waals surface area contributed by atoms with Gasteiger partial charge in [0.2, 0.25) is 0 Å². The largest absolute Gasteiger partial charge is 0.337 e. The predicted octanol–water partition coefficient (Wildman–Crippen LogP) is 5.80. The summed E-state index contributed by atoms with van der Waals surface area (Å²) >= 11 is 12.4. The van der Waals surface area contributed by atoms with Crippen molar-refractivity contribution in [3.05, 3.63) is 99.8 Å². The fourth-order valence-electron chi connectivity index (χ4n) is 2.81. The van der Waals surface area contributed by atoms with Crippen molar-refractivity contribution >= 4 is 51.9 Å². The number of aromatic nitrogens is 2. The number of carbonyl (C=O) groups is 1. The maximum Gasteiger partial charge on any atom is 0.255 e. The van der Waals surface area contributed by atoms with Gasteiger partial charge in [0.1, 0.15) is 0 Å². The van der Waals surface area contributed by atoms with Gasteiger partial charge >= 0.3 is 0 Å². The van der Waals surface area contributed by atoms with Crippen LogP contribution in [0, 0.1) is 0 Å². The second-order valence-corrected chi connectivity index (χ2v) is 6.99. The van der Waals surface area contributed by atoms with Crippen LogP contribution in [-0.4, -0.2) is 15.9 Å². The number of hydrogen-bond donors (Lipinski definition) is 2. The Morgan fingerprint density at radius 2 is 1.71 bits per heavy atom. The lowest BCUT2D eigenvalue weighted by molar-refractivity contribution is 0.0973. The van der Waals surface area contributed by atoms with Crippen LogP contribution in [0.15, 0.2) is 72.8 Å². The second-order valence-electron chi connectivity index (χ2n) is 6.15. The third-order valence-electron chi connectivity index (χ3n) is 4.19. The summed E-state index contributed by atoms with van der Waals surface area (Å²) in [6, 6.07) is 21.8. The molecule has 4 aromatic rings. The second kappa shape index (κ2) is 7.89. The SMILES string of the molecule is O=C(N/C(=C\c1cc(Cl)ccc1Cl)c1nc2ccccc2[nH]1)c1ccccc1. The van der Waals surface area contributed by atoms with Crippen molar-refractivity contribution in [2.24, 2.45) is 0 Å². The molecule has 0 aliphatic rings. The first-order valence-corrected chi connectivity index (χ1v) is 9.34. The molecule has 0 bridgehead atoms. The Hall–Kier alpha value is -3.08. The average molecular weight is 408 g/mol. The quantitative estimate of drug-likeness (QED) is 0.449. The Morgan fingerprint density at radius 3 is 2.50 bits per heavy atom. The van der Waals surface area contributed by atoms with Gasteiger partial charge in [-0.05, 0) is 54.1 Å². The van der Waals surface area contributed by atoms with E-state index in [-0.39, 0.29) is 5.91 Å². The van der Waals surface area contributed by atoms with Gasteiger partial charge in [-0.15, -0.1) is 0 Å². The zero-order chi connectivity index (χ0) is 19.5. The lowest BCUT2D eigenvalue weighted by atomic mass is 10.1. The van der Waals surface area contributed by atoms with Crippen LogP contribution in [0.1, 0.15) is 21.7 Å². The summed E-state index contributed by atoms with van der Waals surface area (Å²) in [5.74, 6) is 0.284. The molecule has 3 aromatic carbocycles. The van der Waals surface area contributed by atoms with E-state index in [2.05, 4.69) is 15.3 Å². The van der Waals surface area contributed by atoms with Gasteiger partial charge in [0, 0.05) is 15.6 Å². The predicted molar refractivity (Wildman–Crippen MR) is 114 cm³/mol. The maximum absolute atomic E-state index is 12.7. The number of nitrogens with one attached hydrogen (secondary N) is 2. The van der Waals surface area contributed by atoms with Crippen molar-refractivity contribution in [3.63, 3.8) is 0 Å². The van der Waals surface area contributed by atoms with E-state index in [1.54, 1.807) is 36.4 Å². The number of halogens is 2. The molecule has 0 radical (unpaired) electrons. The molecule has 0 fully saturated rings. The Kier molecular flexibility index (Phi) is 5.15. The minimum absolute atomic E-state index is 0.245. The molecule has 0 aliphatic heterocycles. The van der Waals surface area contributed by atoms with Gasteiger partial charge in [0.25, 0.3) is 5.91 Å². The fourth-order valence-corrected chi connectivity index (χ4v) is 3.16. The Morgan fingerprint density at radius 1 is 0.964 bits per heavy atom. The number of amides is 1. The molecule has 0 atom stereocenters. The Labute approximate surface area is 171 Å². The minimum atomic E-state index is -0.245. The van der Waals surface area contributed by atoms with Crippen LogP contribution < -0.4 is 5.32 Å². The third kappa shape index (κ3) is 3.93. The van der Waals surface area contributed by atoms with Gasteiger partial charge in [0.15, 0.2) is 5.82 Å². The number of rotatable bonds is 4. The van der Waals surface area contributed by atoms with Crippen LogP contribution in [0.2, 0.25) is 10.0 Å². The molecule has 2 N–H and O–H groups in total. The molecular formula is C22H15Cl2N3O. The standard InChI is InChI=1S/C22H15Cl2N3O/c23-16-10-11-17(24)15(12-16)13-20(27-22(28)14-6-2-1-3-7-14)21-25-18-8-4-5-9-19(18)26-21/h1-13H,(H,25,26)(H,27,28)/b20-13-. The fraction of sp³-hybridized carbons (Fsp3) is 0. The van der Waals surface area contributed by atoms with Crippen LogP contribution in [0.4, 0.5) is 0 Å². The van der Waals surface area contributed by atoms with Crippen LogP contribution in [0.25, 0.3) is 22.8 Å². The number of imidazole rings is 1. The lowest BCUT2D eigenvalue weighted by Crippen LogP contribution is -2.22. The van der Waals surface area contributed by atoms with Gasteiger partial charge in [0.05, 0.1) is 16.7 Å². The summed E-state index contributed by atoms with van der Waals surface area (Å²) in [6.45, 7) is 0. The Balaban J connectivity index is 1.79. The maximum atomic E-state index is 12.7. The minimum Gasteiger partial charge on any atom is -0.337 e. The zero-order valence-corrected chi connectivity index (χ0v) is 16.1. The van der Waals surface area contributed by atoms with Crippen molar-refractivity contribution < 1.29 is 4.79 Å². The number of carbonyl (C=O) groups excluding carboxylic acids is 1. The zero-order valence-electron chi connectivity index (χ0n) is 14.6. The van der Waals surface area contributed by atoms with Crippen molar-refractivity contribution in [2.75, 3.05) is 0 Å². The molecule has 6 heteroatoms. The first kappa shape index (κ1) is 18.3. The number of H-pyrrole nitrogens is 1. The number of nitrogens with zero attached hydrogens (tertiary/aromatic N) is 1. The monoisotopic (exact) mass is 407 g/mol. The number of aromatic amines is 1. The van der Waals surface area contributed by atoms with Crippen LogP contribution in [0.3, 0.4) is 0 Å². The van der Waals surface area contributed by atoms with Gasteiger partial charge in [-0.2, -0.15) is 0 Å². The van der Waals surface area contributed by atoms with Gasteiger partial charge < -0.3 is 10.3 Å². The molecule has 0 aliphatic carbocycles. The van der Waals surface area contributed by atoms with Crippen molar-refractivity contribution in [1.29, 1.82) is 0 Å². The Bertz CT molecular complexity index is 1150. The smallest absolute Gasteiger partial charge is 0.255 e. The van der Waals surface area contributed by atoms with Crippen LogP contribution in [-0.2, 0) is 0 Å². The first-order chi connectivity index (χ1) is 13.6. The highest BCUT2D eigenvalue weighted by molar-refractivity contribution is 6.34. The van der Waals surface area contributed by atoms with E-state index < -0.39 is 0 Å². The first-order valence-electron chi connectivity index (χ1n) is 8.58. The third-order valence-corrected chi connectivity index (χ3v) is 4.77. The molecule has 28 heavy (non-hydrogen) atoms. The van der Waals surface area contributed by atoms with Crippen LogP contribution >= 0.6 is 23.2 Å². The van der Waals surface area contributed by atoms with Crippen LogP contribution in [0.5, 0.6) is 0 Å². The number of para-hydroxylation sites is 2. The summed E-state index contributed by atoms with van der Waals surface area (Å²) in [5.41, 5.74) is 3.39. The van der Waals surface area contributed by atoms with E-state index in [1.165, 1.54) is 0 Å². The number of fused-ring (bicyclic) bond motifs is 1. The summed E-state index contributed by atoms with van der Waals surface area (Å²) in [7, 11) is 0. The van der Waals surface area contributed by atoms with Crippen molar-refractivity contribution in [2.45, 2.75) is 0 Å². The van der Waals surface area contributed by atoms with Gasteiger partial charge in [-0.25, -0.2) is 4.98 Å². The summed E-state index contributed by atoms with van der Waals surface area (Å²) in [6.07, 6.45) is 1.76. The molecule has 0 saturated heterocycles. The molecule has 1 amide bonds. The highest BCUT2D eigenvalue weighted by Crippen LogP contribution is 2.25. The van der Waals surface area contributed by atoms with E-state index in [0.717, 1.165) is 11.0 Å². The molecule has 0 spiro atoms. The normalized spacial score (nSPS) is 11.6. The highest BCUT2D eigenvalue weighted by Gasteiger charge is 2.14. The molecule has 0 saturated carbocycles. The van der Waals surface area contributed by atoms with E-state index >= 15 is 0 Å². The lowest BCUT2D eigenvalue weighted by Gasteiger charge is -2.09. The molecule has 1 heterocycles. The average Bonchev–Trinajstić information content (AvgIpc) is 3.15. The van der Waals surface area contributed by atoms with E-state index in [1.807, 2.05) is 42.5 Å². The molecule has 0 unspecified atom stereocenters. The highest BCUT2D eigenvalue weighted by atomic mass is 35.5. The topological polar surface area (TPSA) is 57.8 Å².